The molecule has 0 saturated heterocycles. The van der Waals surface area contributed by atoms with Gasteiger partial charge < -0.3 is 14.9 Å². The second-order valence-corrected chi connectivity index (χ2v) is 3.88. The van der Waals surface area contributed by atoms with E-state index in [2.05, 4.69) is 0 Å². The van der Waals surface area contributed by atoms with Crippen molar-refractivity contribution in [1.29, 1.82) is 0 Å². The van der Waals surface area contributed by atoms with E-state index in [0.29, 0.717) is 6.61 Å². The molecule has 0 saturated carbocycles. The summed E-state index contributed by atoms with van der Waals surface area (Å²) in [6.45, 7) is 5.89. The van der Waals surface area contributed by atoms with Gasteiger partial charge in [-0.2, -0.15) is 0 Å². The summed E-state index contributed by atoms with van der Waals surface area (Å²) in [6, 6.07) is 3.79. The van der Waals surface area contributed by atoms with Gasteiger partial charge in [-0.3, -0.25) is 0 Å². The van der Waals surface area contributed by atoms with Gasteiger partial charge in [-0.1, -0.05) is 12.1 Å². The number of rotatable bonds is 4. The van der Waals surface area contributed by atoms with Crippen LogP contribution in [0.2, 0.25) is 0 Å². The molecule has 2 N–H and O–H groups in total. The summed E-state index contributed by atoms with van der Waals surface area (Å²) in [6.07, 6.45) is -0.471. The van der Waals surface area contributed by atoms with Crippen LogP contribution in [0.4, 0.5) is 0 Å². The molecule has 0 aliphatic carbocycles. The monoisotopic (exact) mass is 210 g/mol. The minimum absolute atomic E-state index is 0.0400. The highest BCUT2D eigenvalue weighted by Gasteiger charge is 2.07. The molecular formula is C12H18O3. The molecule has 1 rings (SSSR count). The topological polar surface area (TPSA) is 49.7 Å². The van der Waals surface area contributed by atoms with Crippen molar-refractivity contribution in [3.05, 3.63) is 28.8 Å². The van der Waals surface area contributed by atoms with E-state index < -0.39 is 6.10 Å². The lowest BCUT2D eigenvalue weighted by Gasteiger charge is -2.14. The van der Waals surface area contributed by atoms with E-state index in [9.17, 15) is 0 Å². The zero-order valence-corrected chi connectivity index (χ0v) is 9.45. The molecule has 0 heterocycles. The van der Waals surface area contributed by atoms with Gasteiger partial charge in [0.2, 0.25) is 0 Å². The van der Waals surface area contributed by atoms with Crippen molar-refractivity contribution in [2.75, 3.05) is 6.61 Å². The van der Waals surface area contributed by atoms with Crippen LogP contribution in [0.1, 0.15) is 23.6 Å². The van der Waals surface area contributed by atoms with Crippen LogP contribution in [0, 0.1) is 13.8 Å². The average molecular weight is 210 g/mol. The number of aliphatic hydroxyl groups is 2. The van der Waals surface area contributed by atoms with Crippen LogP contribution >= 0.6 is 0 Å². The second-order valence-electron chi connectivity index (χ2n) is 3.88. The molecule has 3 nitrogen and oxygen atoms in total. The normalized spacial score (nSPS) is 12.6. The van der Waals surface area contributed by atoms with Crippen LogP contribution in [0.5, 0.6) is 5.75 Å². The number of benzene rings is 1. The van der Waals surface area contributed by atoms with E-state index in [-0.39, 0.29) is 6.61 Å². The lowest BCUT2D eigenvalue weighted by molar-refractivity contribution is 0.122. The Morgan fingerprint density at radius 1 is 1.27 bits per heavy atom. The first kappa shape index (κ1) is 12.0. The zero-order valence-electron chi connectivity index (χ0n) is 9.45. The first-order valence-electron chi connectivity index (χ1n) is 5.06. The summed E-state index contributed by atoms with van der Waals surface area (Å²) in [5.41, 5.74) is 2.86. The minimum atomic E-state index is -0.471. The fourth-order valence-electron chi connectivity index (χ4n) is 1.56. The highest BCUT2D eigenvalue weighted by atomic mass is 16.5. The number of hydrogen-bond donors (Lipinski definition) is 2. The molecular weight excluding hydrogens is 192 g/mol. The highest BCUT2D eigenvalue weighted by Crippen LogP contribution is 2.24. The molecule has 84 valence electrons. The Balaban J connectivity index is 2.88. The van der Waals surface area contributed by atoms with Gasteiger partial charge in [0.25, 0.3) is 0 Å². The summed E-state index contributed by atoms with van der Waals surface area (Å²) in [5, 5.41) is 18.1. The molecule has 0 aromatic heterocycles. The van der Waals surface area contributed by atoms with Gasteiger partial charge >= 0.3 is 0 Å². The molecule has 0 aliphatic rings. The van der Waals surface area contributed by atoms with Gasteiger partial charge in [0, 0.05) is 0 Å². The Bertz CT molecular complexity index is 309. The van der Waals surface area contributed by atoms with Crippen molar-refractivity contribution in [2.45, 2.75) is 33.5 Å². The highest BCUT2D eigenvalue weighted by molar-refractivity contribution is 5.43. The largest absolute Gasteiger partial charge is 0.490 e. The second kappa shape index (κ2) is 5.14. The lowest BCUT2D eigenvalue weighted by atomic mass is 10.1. The van der Waals surface area contributed by atoms with Crippen molar-refractivity contribution < 1.29 is 14.9 Å². The third-order valence-electron chi connectivity index (χ3n) is 2.17. The first-order valence-corrected chi connectivity index (χ1v) is 5.06. The fraction of sp³-hybridized carbons (Fsp3) is 0.500. The Labute approximate surface area is 90.3 Å². The fourth-order valence-corrected chi connectivity index (χ4v) is 1.56. The molecule has 1 unspecified atom stereocenters. The molecule has 1 aromatic carbocycles. The third-order valence-corrected chi connectivity index (χ3v) is 2.17. The molecule has 0 fully saturated rings. The van der Waals surface area contributed by atoms with Crippen molar-refractivity contribution >= 4 is 0 Å². The predicted octanol–water partition coefficient (Wildman–Crippen LogP) is 1.56. The van der Waals surface area contributed by atoms with E-state index in [4.69, 9.17) is 14.9 Å². The Morgan fingerprint density at radius 3 is 2.20 bits per heavy atom. The molecule has 1 atom stereocenters. The summed E-state index contributed by atoms with van der Waals surface area (Å²) < 4.78 is 5.50. The quantitative estimate of drug-likeness (QED) is 0.792. The Kier molecular flexibility index (Phi) is 4.12. The Morgan fingerprint density at radius 2 is 1.80 bits per heavy atom. The molecule has 1 aromatic rings. The summed E-state index contributed by atoms with van der Waals surface area (Å²) in [7, 11) is 0. The van der Waals surface area contributed by atoms with Crippen LogP contribution in [-0.4, -0.2) is 22.9 Å². The van der Waals surface area contributed by atoms with Gasteiger partial charge in [0.1, 0.15) is 12.4 Å². The van der Waals surface area contributed by atoms with E-state index in [0.717, 1.165) is 22.4 Å². The van der Waals surface area contributed by atoms with Crippen LogP contribution < -0.4 is 4.74 Å². The van der Waals surface area contributed by atoms with E-state index >= 15 is 0 Å². The maximum absolute atomic E-state index is 9.13. The number of aliphatic hydroxyl groups excluding tert-OH is 2. The van der Waals surface area contributed by atoms with Crippen molar-refractivity contribution in [3.8, 4) is 5.75 Å². The molecule has 0 aliphatic heterocycles. The van der Waals surface area contributed by atoms with Crippen molar-refractivity contribution in [2.24, 2.45) is 0 Å². The molecule has 0 amide bonds. The van der Waals surface area contributed by atoms with Gasteiger partial charge in [-0.25, -0.2) is 0 Å². The van der Waals surface area contributed by atoms with E-state index in [1.54, 1.807) is 6.92 Å². The van der Waals surface area contributed by atoms with E-state index in [1.165, 1.54) is 0 Å². The molecule has 0 bridgehead atoms. The van der Waals surface area contributed by atoms with Crippen LogP contribution in [0.3, 0.4) is 0 Å². The minimum Gasteiger partial charge on any atom is -0.490 e. The summed E-state index contributed by atoms with van der Waals surface area (Å²) in [4.78, 5) is 0. The van der Waals surface area contributed by atoms with Gasteiger partial charge in [-0.15, -0.1) is 0 Å². The van der Waals surface area contributed by atoms with Crippen LogP contribution in [0.15, 0.2) is 12.1 Å². The van der Waals surface area contributed by atoms with Crippen molar-refractivity contribution in [1.82, 2.24) is 0 Å². The zero-order chi connectivity index (χ0) is 11.4. The molecule has 0 spiro atoms. The van der Waals surface area contributed by atoms with Crippen LogP contribution in [-0.2, 0) is 6.61 Å². The van der Waals surface area contributed by atoms with Gasteiger partial charge in [-0.05, 0) is 37.5 Å². The Hall–Kier alpha value is -1.06. The SMILES string of the molecule is Cc1cc(CO)cc(C)c1OCC(C)O. The molecule has 0 radical (unpaired) electrons. The standard InChI is InChI=1S/C12H18O3/c1-8-4-11(6-13)5-9(2)12(8)15-7-10(3)14/h4-5,10,13-14H,6-7H2,1-3H3. The van der Waals surface area contributed by atoms with Gasteiger partial charge in [0.05, 0.1) is 12.7 Å². The maximum atomic E-state index is 9.13. The maximum Gasteiger partial charge on any atom is 0.125 e. The molecule has 3 heteroatoms. The van der Waals surface area contributed by atoms with Gasteiger partial charge in [0.15, 0.2) is 0 Å². The first-order chi connectivity index (χ1) is 7.04. The van der Waals surface area contributed by atoms with E-state index in [1.807, 2.05) is 26.0 Å². The predicted molar refractivity (Wildman–Crippen MR) is 59.0 cm³/mol. The average Bonchev–Trinajstić information content (AvgIpc) is 2.15. The number of aryl methyl sites for hydroxylation is 2. The van der Waals surface area contributed by atoms with Crippen LogP contribution in [0.25, 0.3) is 0 Å². The summed E-state index contributed by atoms with van der Waals surface area (Å²) >= 11 is 0. The number of hydrogen-bond acceptors (Lipinski definition) is 3. The summed E-state index contributed by atoms with van der Waals surface area (Å²) in [5.74, 6) is 0.799. The third kappa shape index (κ3) is 3.22. The van der Waals surface area contributed by atoms with Crippen molar-refractivity contribution in [3.63, 3.8) is 0 Å². The smallest absolute Gasteiger partial charge is 0.125 e. The number of ether oxygens (including phenoxy) is 1. The molecule has 15 heavy (non-hydrogen) atoms. The lowest BCUT2D eigenvalue weighted by Crippen LogP contribution is -2.14.